The van der Waals surface area contributed by atoms with Crippen LogP contribution in [0.5, 0.6) is 0 Å². The molecule has 0 radical (unpaired) electrons. The Morgan fingerprint density at radius 1 is 1.04 bits per heavy atom. The predicted octanol–water partition coefficient (Wildman–Crippen LogP) is -2.26. The number of carboxylic acid groups (broad SMARTS) is 1. The van der Waals surface area contributed by atoms with Crippen molar-refractivity contribution in [2.45, 2.75) is 31.5 Å². The molecule has 27 heavy (non-hydrogen) atoms. The van der Waals surface area contributed by atoms with Gasteiger partial charge >= 0.3 is 5.97 Å². The van der Waals surface area contributed by atoms with Gasteiger partial charge in [-0.25, -0.2) is 4.79 Å². The van der Waals surface area contributed by atoms with Gasteiger partial charge in [0, 0.05) is 6.42 Å². The lowest BCUT2D eigenvalue weighted by Crippen LogP contribution is -2.54. The van der Waals surface area contributed by atoms with Crippen LogP contribution in [0.3, 0.4) is 0 Å². The standard InChI is InChI=1S/C17H24N4O6/c1-10(18)15(24)21-13(9-22)16(25)19-8-14(23)20-12(17(26)27)7-11-5-3-2-4-6-11/h2-6,10,12-13,22H,7-9,18H2,1H3,(H,19,25)(H,20,23)(H,21,24)(H,26,27). The molecule has 0 saturated carbocycles. The Bertz CT molecular complexity index is 665. The smallest absolute Gasteiger partial charge is 0.326 e. The fourth-order valence-electron chi connectivity index (χ4n) is 2.08. The van der Waals surface area contributed by atoms with E-state index in [1.807, 2.05) is 0 Å². The summed E-state index contributed by atoms with van der Waals surface area (Å²) in [6.45, 7) is 0.216. The minimum absolute atomic E-state index is 0.0829. The molecular formula is C17H24N4O6. The molecule has 0 aliphatic heterocycles. The molecule has 10 nitrogen and oxygen atoms in total. The van der Waals surface area contributed by atoms with Crippen LogP contribution in [0.4, 0.5) is 0 Å². The summed E-state index contributed by atoms with van der Waals surface area (Å²) in [4.78, 5) is 46.7. The first-order chi connectivity index (χ1) is 12.7. The summed E-state index contributed by atoms with van der Waals surface area (Å²) < 4.78 is 0. The fourth-order valence-corrected chi connectivity index (χ4v) is 2.08. The third-order valence-corrected chi connectivity index (χ3v) is 3.57. The van der Waals surface area contributed by atoms with Crippen molar-refractivity contribution in [1.29, 1.82) is 0 Å². The number of nitrogens with one attached hydrogen (secondary N) is 3. The molecule has 0 aromatic heterocycles. The lowest BCUT2D eigenvalue weighted by molar-refractivity contribution is -0.141. The molecule has 7 N–H and O–H groups in total. The molecule has 3 atom stereocenters. The monoisotopic (exact) mass is 380 g/mol. The quantitative estimate of drug-likeness (QED) is 0.266. The first-order valence-corrected chi connectivity index (χ1v) is 8.25. The highest BCUT2D eigenvalue weighted by Crippen LogP contribution is 2.03. The molecule has 1 aromatic carbocycles. The zero-order valence-corrected chi connectivity index (χ0v) is 14.8. The summed E-state index contributed by atoms with van der Waals surface area (Å²) in [6, 6.07) is 5.45. The molecule has 0 saturated heterocycles. The van der Waals surface area contributed by atoms with Crippen molar-refractivity contribution in [2.24, 2.45) is 5.73 Å². The number of hydrogen-bond donors (Lipinski definition) is 6. The summed E-state index contributed by atoms with van der Waals surface area (Å²) in [6.07, 6.45) is 0.0829. The largest absolute Gasteiger partial charge is 0.480 e. The van der Waals surface area contributed by atoms with E-state index < -0.39 is 55.0 Å². The van der Waals surface area contributed by atoms with E-state index in [1.54, 1.807) is 30.3 Å². The van der Waals surface area contributed by atoms with Crippen LogP contribution in [0.15, 0.2) is 30.3 Å². The van der Waals surface area contributed by atoms with Crippen molar-refractivity contribution in [1.82, 2.24) is 16.0 Å². The highest BCUT2D eigenvalue weighted by molar-refractivity contribution is 5.92. The minimum atomic E-state index is -1.27. The van der Waals surface area contributed by atoms with Crippen LogP contribution in [-0.4, -0.2) is 65.2 Å². The lowest BCUT2D eigenvalue weighted by Gasteiger charge is -2.18. The molecule has 3 unspecified atom stereocenters. The van der Waals surface area contributed by atoms with Crippen LogP contribution >= 0.6 is 0 Å². The molecule has 148 valence electrons. The number of aliphatic hydroxyl groups excluding tert-OH is 1. The minimum Gasteiger partial charge on any atom is -0.480 e. The molecule has 10 heteroatoms. The van der Waals surface area contributed by atoms with E-state index in [4.69, 9.17) is 5.73 Å². The van der Waals surface area contributed by atoms with E-state index in [-0.39, 0.29) is 6.42 Å². The van der Waals surface area contributed by atoms with Gasteiger partial charge < -0.3 is 31.9 Å². The number of carbonyl (C=O) groups excluding carboxylic acids is 3. The summed E-state index contributed by atoms with van der Waals surface area (Å²) in [5, 5.41) is 25.2. The van der Waals surface area contributed by atoms with Gasteiger partial charge in [0.25, 0.3) is 0 Å². The Hall–Kier alpha value is -2.98. The Balaban J connectivity index is 2.54. The van der Waals surface area contributed by atoms with Gasteiger partial charge in [-0.15, -0.1) is 0 Å². The van der Waals surface area contributed by atoms with Crippen molar-refractivity contribution in [3.05, 3.63) is 35.9 Å². The molecular weight excluding hydrogens is 356 g/mol. The third kappa shape index (κ3) is 7.84. The van der Waals surface area contributed by atoms with E-state index in [0.717, 1.165) is 5.56 Å². The van der Waals surface area contributed by atoms with E-state index in [9.17, 15) is 29.4 Å². The van der Waals surface area contributed by atoms with Crippen molar-refractivity contribution >= 4 is 23.7 Å². The van der Waals surface area contributed by atoms with Crippen LogP contribution in [0.2, 0.25) is 0 Å². The molecule has 0 bridgehead atoms. The maximum Gasteiger partial charge on any atom is 0.326 e. The van der Waals surface area contributed by atoms with Crippen molar-refractivity contribution in [3.63, 3.8) is 0 Å². The second kappa shape index (κ2) is 10.9. The van der Waals surface area contributed by atoms with Gasteiger partial charge in [0.15, 0.2) is 0 Å². The highest BCUT2D eigenvalue weighted by Gasteiger charge is 2.23. The molecule has 1 aromatic rings. The fraction of sp³-hybridized carbons (Fsp3) is 0.412. The number of carbonyl (C=O) groups is 4. The normalized spacial score (nSPS) is 13.7. The number of nitrogens with two attached hydrogens (primary N) is 1. The molecule has 0 heterocycles. The van der Waals surface area contributed by atoms with Crippen molar-refractivity contribution in [2.75, 3.05) is 13.2 Å². The summed E-state index contributed by atoms with van der Waals surface area (Å²) in [7, 11) is 0. The first kappa shape index (κ1) is 22.1. The molecule has 3 amide bonds. The van der Waals surface area contributed by atoms with Gasteiger partial charge in [-0.3, -0.25) is 14.4 Å². The first-order valence-electron chi connectivity index (χ1n) is 8.25. The van der Waals surface area contributed by atoms with Gasteiger partial charge in [-0.05, 0) is 12.5 Å². The van der Waals surface area contributed by atoms with Crippen molar-refractivity contribution < 1.29 is 29.4 Å². The number of hydrogen-bond acceptors (Lipinski definition) is 6. The third-order valence-electron chi connectivity index (χ3n) is 3.57. The van der Waals surface area contributed by atoms with Gasteiger partial charge in [0.05, 0.1) is 19.2 Å². The molecule has 0 spiro atoms. The zero-order chi connectivity index (χ0) is 20.4. The summed E-state index contributed by atoms with van der Waals surface area (Å²) >= 11 is 0. The van der Waals surface area contributed by atoms with E-state index in [2.05, 4.69) is 16.0 Å². The number of benzene rings is 1. The molecule has 0 fully saturated rings. The number of carboxylic acids is 1. The van der Waals surface area contributed by atoms with Crippen LogP contribution in [0.1, 0.15) is 12.5 Å². The number of rotatable bonds is 10. The topological polar surface area (TPSA) is 171 Å². The van der Waals surface area contributed by atoms with Crippen molar-refractivity contribution in [3.8, 4) is 0 Å². The van der Waals surface area contributed by atoms with E-state index in [1.165, 1.54) is 6.92 Å². The number of amides is 3. The van der Waals surface area contributed by atoms with Gasteiger partial charge in [0.2, 0.25) is 17.7 Å². The molecule has 0 aliphatic rings. The molecule has 0 aliphatic carbocycles. The Morgan fingerprint density at radius 3 is 2.19 bits per heavy atom. The number of aliphatic carboxylic acids is 1. The maximum absolute atomic E-state index is 11.9. The predicted molar refractivity (Wildman–Crippen MR) is 95.4 cm³/mol. The molecule has 1 rings (SSSR count). The highest BCUT2D eigenvalue weighted by atomic mass is 16.4. The van der Waals surface area contributed by atoms with Gasteiger partial charge in [-0.1, -0.05) is 30.3 Å². The summed E-state index contributed by atoms with van der Waals surface area (Å²) in [5.74, 6) is -3.36. The Morgan fingerprint density at radius 2 is 1.67 bits per heavy atom. The maximum atomic E-state index is 11.9. The lowest BCUT2D eigenvalue weighted by atomic mass is 10.1. The average molecular weight is 380 g/mol. The second-order valence-corrected chi connectivity index (χ2v) is 5.90. The van der Waals surface area contributed by atoms with Gasteiger partial charge in [-0.2, -0.15) is 0 Å². The SMILES string of the molecule is CC(N)C(=O)NC(CO)C(=O)NCC(=O)NC(Cc1ccccc1)C(=O)O. The number of aliphatic hydroxyl groups is 1. The van der Waals surface area contributed by atoms with E-state index >= 15 is 0 Å². The van der Waals surface area contributed by atoms with Crippen LogP contribution in [0, 0.1) is 0 Å². The van der Waals surface area contributed by atoms with Crippen LogP contribution in [-0.2, 0) is 25.6 Å². The summed E-state index contributed by atoms with van der Waals surface area (Å²) in [5.41, 5.74) is 6.09. The zero-order valence-electron chi connectivity index (χ0n) is 14.8. The Labute approximate surface area is 156 Å². The van der Waals surface area contributed by atoms with Crippen LogP contribution in [0.25, 0.3) is 0 Å². The average Bonchev–Trinajstić information content (AvgIpc) is 2.64. The van der Waals surface area contributed by atoms with E-state index in [0.29, 0.717) is 0 Å². The second-order valence-electron chi connectivity index (χ2n) is 5.90. The van der Waals surface area contributed by atoms with Crippen LogP contribution < -0.4 is 21.7 Å². The van der Waals surface area contributed by atoms with Gasteiger partial charge in [0.1, 0.15) is 12.1 Å². The Kier molecular flexibility index (Phi) is 8.90.